The molecule has 3 heterocycles. The van der Waals surface area contributed by atoms with E-state index in [-0.39, 0.29) is 5.82 Å². The van der Waals surface area contributed by atoms with Crippen molar-refractivity contribution in [2.75, 3.05) is 18.0 Å². The van der Waals surface area contributed by atoms with Gasteiger partial charge in [-0.15, -0.1) is 0 Å². The third kappa shape index (κ3) is 3.34. The molecule has 1 aliphatic rings. The van der Waals surface area contributed by atoms with Crippen molar-refractivity contribution in [2.24, 2.45) is 5.73 Å². The lowest BCUT2D eigenvalue weighted by atomic mass is 10.2. The molecular weight excluding hydrogens is 294 g/mol. The smallest absolute Gasteiger partial charge is 0.286 e. The first-order valence-electron chi connectivity index (χ1n) is 7.70. The Morgan fingerprint density at radius 3 is 3.00 bits per heavy atom. The van der Waals surface area contributed by atoms with Crippen LogP contribution in [0.1, 0.15) is 34.1 Å². The van der Waals surface area contributed by atoms with Crippen LogP contribution in [0.5, 0.6) is 0 Å². The lowest BCUT2D eigenvalue weighted by Gasteiger charge is -2.21. The van der Waals surface area contributed by atoms with E-state index in [0.29, 0.717) is 12.6 Å². The van der Waals surface area contributed by atoms with Crippen LogP contribution in [-0.4, -0.2) is 35.0 Å². The number of aryl methyl sites for hydroxylation is 1. The number of nitrogens with one attached hydrogen (secondary N) is 1. The summed E-state index contributed by atoms with van der Waals surface area (Å²) in [5.74, 6) is 1.21. The fourth-order valence-electron chi connectivity index (χ4n) is 2.81. The maximum absolute atomic E-state index is 11.4. The molecule has 7 heteroatoms. The molecule has 7 nitrogen and oxygen atoms in total. The summed E-state index contributed by atoms with van der Waals surface area (Å²) in [5, 5.41) is 3.48. The molecule has 0 aromatic carbocycles. The first-order valence-corrected chi connectivity index (χ1v) is 7.70. The van der Waals surface area contributed by atoms with E-state index < -0.39 is 5.91 Å². The minimum atomic E-state index is -0.596. The van der Waals surface area contributed by atoms with Gasteiger partial charge < -0.3 is 20.4 Å². The van der Waals surface area contributed by atoms with Crippen LogP contribution in [0, 0.1) is 13.8 Å². The van der Waals surface area contributed by atoms with Gasteiger partial charge in [0, 0.05) is 30.4 Å². The van der Waals surface area contributed by atoms with Crippen molar-refractivity contribution in [1.29, 1.82) is 0 Å². The number of primary amides is 1. The Morgan fingerprint density at radius 2 is 2.30 bits per heavy atom. The Morgan fingerprint density at radius 1 is 1.48 bits per heavy atom. The van der Waals surface area contributed by atoms with Crippen molar-refractivity contribution in [1.82, 2.24) is 15.3 Å². The maximum atomic E-state index is 11.4. The van der Waals surface area contributed by atoms with Gasteiger partial charge in [0.05, 0.1) is 12.8 Å². The summed E-state index contributed by atoms with van der Waals surface area (Å²) in [7, 11) is 0. The van der Waals surface area contributed by atoms with Gasteiger partial charge in [0.2, 0.25) is 5.82 Å². The van der Waals surface area contributed by atoms with E-state index in [1.165, 1.54) is 0 Å². The van der Waals surface area contributed by atoms with E-state index in [2.05, 4.69) is 20.2 Å². The molecule has 1 saturated heterocycles. The number of nitrogens with two attached hydrogens (primary N) is 1. The van der Waals surface area contributed by atoms with Crippen LogP contribution in [-0.2, 0) is 6.54 Å². The molecule has 0 bridgehead atoms. The predicted octanol–water partition coefficient (Wildman–Crippen LogP) is 1.15. The zero-order valence-electron chi connectivity index (χ0n) is 13.4. The summed E-state index contributed by atoms with van der Waals surface area (Å²) in [6, 6.07) is 4.19. The first-order chi connectivity index (χ1) is 11.0. The van der Waals surface area contributed by atoms with E-state index in [1.807, 2.05) is 26.0 Å². The Kier molecular flexibility index (Phi) is 4.29. The number of rotatable bonds is 5. The van der Waals surface area contributed by atoms with E-state index in [9.17, 15) is 4.79 Å². The maximum Gasteiger partial charge on any atom is 0.286 e. The summed E-state index contributed by atoms with van der Waals surface area (Å²) >= 11 is 0. The third-order valence-electron chi connectivity index (χ3n) is 4.22. The van der Waals surface area contributed by atoms with Gasteiger partial charge in [-0.2, -0.15) is 0 Å². The van der Waals surface area contributed by atoms with Crippen LogP contribution in [0.3, 0.4) is 0 Å². The number of furan rings is 1. The van der Waals surface area contributed by atoms with Crippen LogP contribution in [0.25, 0.3) is 0 Å². The minimum absolute atomic E-state index is 0.0788. The number of nitrogens with zero attached hydrogens (tertiary/aromatic N) is 3. The molecule has 1 amide bonds. The summed E-state index contributed by atoms with van der Waals surface area (Å²) < 4.78 is 5.33. The summed E-state index contributed by atoms with van der Waals surface area (Å²) in [5.41, 5.74) is 7.10. The zero-order valence-corrected chi connectivity index (χ0v) is 13.4. The van der Waals surface area contributed by atoms with Crippen LogP contribution >= 0.6 is 0 Å². The van der Waals surface area contributed by atoms with Gasteiger partial charge in [0.1, 0.15) is 11.6 Å². The number of aromatic nitrogens is 2. The number of hydrogen-bond acceptors (Lipinski definition) is 6. The van der Waals surface area contributed by atoms with Crippen molar-refractivity contribution < 1.29 is 9.21 Å². The molecule has 1 atom stereocenters. The second-order valence-corrected chi connectivity index (χ2v) is 5.84. The number of anilines is 1. The molecule has 1 aliphatic heterocycles. The van der Waals surface area contributed by atoms with Gasteiger partial charge in [0.25, 0.3) is 5.91 Å². The number of carbonyl (C=O) groups is 1. The Bertz CT molecular complexity index is 699. The van der Waals surface area contributed by atoms with Crippen LogP contribution in [0.2, 0.25) is 0 Å². The zero-order chi connectivity index (χ0) is 16.4. The second kappa shape index (κ2) is 6.37. The lowest BCUT2D eigenvalue weighted by Crippen LogP contribution is -2.33. The third-order valence-corrected chi connectivity index (χ3v) is 4.22. The molecule has 2 aromatic heterocycles. The first kappa shape index (κ1) is 15.5. The molecule has 122 valence electrons. The normalized spacial score (nSPS) is 17.7. The molecule has 0 radical (unpaired) electrons. The quantitative estimate of drug-likeness (QED) is 0.859. The van der Waals surface area contributed by atoms with E-state index >= 15 is 0 Å². The molecule has 3 N–H and O–H groups in total. The van der Waals surface area contributed by atoms with E-state index in [1.54, 1.807) is 6.26 Å². The number of hydrogen-bond donors (Lipinski definition) is 2. The summed E-state index contributed by atoms with van der Waals surface area (Å²) in [6.07, 6.45) is 2.69. The summed E-state index contributed by atoms with van der Waals surface area (Å²) in [4.78, 5) is 22.1. The van der Waals surface area contributed by atoms with Crippen LogP contribution < -0.4 is 16.0 Å². The van der Waals surface area contributed by atoms with Crippen molar-refractivity contribution >= 4 is 11.7 Å². The standard InChI is InChI=1S/C16H21N5O2/c1-10-11(2)19-15(14(17)22)20-16(10)21-6-5-12(9-21)18-8-13-4-3-7-23-13/h3-4,7,12,18H,5-6,8-9H2,1-2H3,(H2,17,22)/t12-/m1/s1. The van der Waals surface area contributed by atoms with Gasteiger partial charge in [-0.1, -0.05) is 0 Å². The lowest BCUT2D eigenvalue weighted by molar-refractivity contribution is 0.0990. The Balaban J connectivity index is 1.70. The van der Waals surface area contributed by atoms with Crippen molar-refractivity contribution in [3.63, 3.8) is 0 Å². The predicted molar refractivity (Wildman–Crippen MR) is 86.2 cm³/mol. The Hall–Kier alpha value is -2.41. The number of amides is 1. The number of carbonyl (C=O) groups excluding carboxylic acids is 1. The second-order valence-electron chi connectivity index (χ2n) is 5.84. The van der Waals surface area contributed by atoms with Gasteiger partial charge in [-0.25, -0.2) is 9.97 Å². The Labute approximate surface area is 134 Å². The molecule has 1 fully saturated rings. The van der Waals surface area contributed by atoms with Gasteiger partial charge >= 0.3 is 0 Å². The van der Waals surface area contributed by atoms with Crippen molar-refractivity contribution in [2.45, 2.75) is 32.9 Å². The minimum Gasteiger partial charge on any atom is -0.468 e. The highest BCUT2D eigenvalue weighted by Gasteiger charge is 2.26. The van der Waals surface area contributed by atoms with Crippen molar-refractivity contribution in [3.8, 4) is 0 Å². The average Bonchev–Trinajstić information content (AvgIpc) is 3.18. The fourth-order valence-corrected chi connectivity index (χ4v) is 2.81. The largest absolute Gasteiger partial charge is 0.468 e. The van der Waals surface area contributed by atoms with E-state index in [4.69, 9.17) is 10.2 Å². The topological polar surface area (TPSA) is 97.3 Å². The highest BCUT2D eigenvalue weighted by Crippen LogP contribution is 2.24. The highest BCUT2D eigenvalue weighted by atomic mass is 16.3. The molecular formula is C16H21N5O2. The average molecular weight is 315 g/mol. The fraction of sp³-hybridized carbons (Fsp3) is 0.438. The molecule has 0 spiro atoms. The van der Waals surface area contributed by atoms with E-state index in [0.717, 1.165) is 42.3 Å². The van der Waals surface area contributed by atoms with Crippen LogP contribution in [0.4, 0.5) is 5.82 Å². The highest BCUT2D eigenvalue weighted by molar-refractivity contribution is 5.89. The molecule has 23 heavy (non-hydrogen) atoms. The van der Waals surface area contributed by atoms with Crippen molar-refractivity contribution in [3.05, 3.63) is 41.2 Å². The molecule has 3 rings (SSSR count). The van der Waals surface area contributed by atoms with Gasteiger partial charge in [-0.3, -0.25) is 4.79 Å². The monoisotopic (exact) mass is 315 g/mol. The SMILES string of the molecule is Cc1nc(C(N)=O)nc(N2CC[C@@H](NCc3ccco3)C2)c1C. The molecule has 2 aromatic rings. The van der Waals surface area contributed by atoms with Gasteiger partial charge in [0.15, 0.2) is 0 Å². The molecule has 0 unspecified atom stereocenters. The molecule has 0 saturated carbocycles. The summed E-state index contributed by atoms with van der Waals surface area (Å²) in [6.45, 7) is 6.26. The van der Waals surface area contributed by atoms with Gasteiger partial charge in [-0.05, 0) is 32.4 Å². The van der Waals surface area contributed by atoms with Crippen LogP contribution in [0.15, 0.2) is 22.8 Å². The molecule has 0 aliphatic carbocycles.